The molecule has 1 amide bonds. The third kappa shape index (κ3) is 5.19. The number of rotatable bonds is 7. The molecule has 152 valence electrons. The number of benzene rings is 1. The lowest BCUT2D eigenvalue weighted by Crippen LogP contribution is -2.34. The number of piperidine rings is 1. The zero-order valence-corrected chi connectivity index (χ0v) is 15.7. The summed E-state index contributed by atoms with van der Waals surface area (Å²) in [7, 11) is 0. The van der Waals surface area contributed by atoms with Crippen molar-refractivity contribution in [2.45, 2.75) is 38.2 Å². The summed E-state index contributed by atoms with van der Waals surface area (Å²) >= 11 is 0. The molecular formula is C19H25N3O6. The van der Waals surface area contributed by atoms with Crippen molar-refractivity contribution in [3.8, 4) is 0 Å². The molecule has 3 rings (SSSR count). The number of nitrogens with zero attached hydrogens (tertiary/aromatic N) is 2. The SMILES string of the molecule is O=C(COC(=O)c1ccc(N2CCCCC2)c([N+](=O)[O-])c1)NC[C@H]1CCCO1. The summed E-state index contributed by atoms with van der Waals surface area (Å²) in [6, 6.07) is 4.30. The number of ether oxygens (including phenoxy) is 2. The first kappa shape index (κ1) is 20.1. The Labute approximate surface area is 163 Å². The third-order valence-electron chi connectivity index (χ3n) is 4.99. The van der Waals surface area contributed by atoms with Gasteiger partial charge in [0.1, 0.15) is 5.69 Å². The van der Waals surface area contributed by atoms with Gasteiger partial charge in [0.05, 0.1) is 16.6 Å². The Hall–Kier alpha value is -2.68. The molecule has 0 bridgehead atoms. The predicted octanol–water partition coefficient (Wildman–Crippen LogP) is 2.04. The minimum atomic E-state index is -0.763. The maximum Gasteiger partial charge on any atom is 0.338 e. The lowest BCUT2D eigenvalue weighted by Gasteiger charge is -2.28. The van der Waals surface area contributed by atoms with Gasteiger partial charge in [-0.2, -0.15) is 0 Å². The minimum absolute atomic E-state index is 0.00429. The molecule has 1 N–H and O–H groups in total. The van der Waals surface area contributed by atoms with Gasteiger partial charge in [-0.3, -0.25) is 14.9 Å². The van der Waals surface area contributed by atoms with Crippen LogP contribution in [-0.2, 0) is 14.3 Å². The van der Waals surface area contributed by atoms with Crippen molar-refractivity contribution in [3.63, 3.8) is 0 Å². The van der Waals surface area contributed by atoms with Gasteiger partial charge in [-0.05, 0) is 44.2 Å². The van der Waals surface area contributed by atoms with E-state index in [-0.39, 0.29) is 17.4 Å². The maximum atomic E-state index is 12.2. The molecule has 0 aromatic heterocycles. The number of anilines is 1. The summed E-state index contributed by atoms with van der Waals surface area (Å²) in [5.74, 6) is -1.19. The maximum absolute atomic E-state index is 12.2. The number of esters is 1. The molecule has 0 saturated carbocycles. The third-order valence-corrected chi connectivity index (χ3v) is 4.99. The molecule has 2 saturated heterocycles. The zero-order valence-electron chi connectivity index (χ0n) is 15.7. The lowest BCUT2D eigenvalue weighted by molar-refractivity contribution is -0.384. The van der Waals surface area contributed by atoms with Crippen molar-refractivity contribution < 1.29 is 24.0 Å². The summed E-state index contributed by atoms with van der Waals surface area (Å²) in [4.78, 5) is 37.0. The van der Waals surface area contributed by atoms with Crippen molar-refractivity contribution >= 4 is 23.3 Å². The molecule has 28 heavy (non-hydrogen) atoms. The first-order valence-corrected chi connectivity index (χ1v) is 9.63. The highest BCUT2D eigenvalue weighted by Gasteiger charge is 2.24. The van der Waals surface area contributed by atoms with Crippen molar-refractivity contribution in [2.24, 2.45) is 0 Å². The molecule has 0 aliphatic carbocycles. The molecule has 2 aliphatic rings. The average molecular weight is 391 g/mol. The fourth-order valence-electron chi connectivity index (χ4n) is 3.50. The quantitative estimate of drug-likeness (QED) is 0.430. The Balaban J connectivity index is 1.57. The fourth-order valence-corrected chi connectivity index (χ4v) is 3.50. The van der Waals surface area contributed by atoms with Crippen LogP contribution in [0.25, 0.3) is 0 Å². The van der Waals surface area contributed by atoms with Crippen LogP contribution in [0.2, 0.25) is 0 Å². The van der Waals surface area contributed by atoms with Gasteiger partial charge < -0.3 is 19.7 Å². The average Bonchev–Trinajstić information content (AvgIpc) is 3.24. The highest BCUT2D eigenvalue weighted by molar-refractivity contribution is 5.93. The van der Waals surface area contributed by atoms with Crippen molar-refractivity contribution in [1.82, 2.24) is 5.32 Å². The molecule has 2 aliphatic heterocycles. The van der Waals surface area contributed by atoms with Gasteiger partial charge in [-0.15, -0.1) is 0 Å². The molecule has 1 atom stereocenters. The Bertz CT molecular complexity index is 726. The van der Waals surface area contributed by atoms with E-state index in [1.807, 2.05) is 4.90 Å². The summed E-state index contributed by atoms with van der Waals surface area (Å²) in [5, 5.41) is 14.1. The van der Waals surface area contributed by atoms with E-state index in [0.717, 1.165) is 45.2 Å². The number of hydrogen-bond acceptors (Lipinski definition) is 7. The van der Waals surface area contributed by atoms with Crippen LogP contribution in [0.5, 0.6) is 0 Å². The van der Waals surface area contributed by atoms with E-state index in [1.165, 1.54) is 12.1 Å². The minimum Gasteiger partial charge on any atom is -0.452 e. The van der Waals surface area contributed by atoms with Crippen LogP contribution in [0, 0.1) is 10.1 Å². The van der Waals surface area contributed by atoms with Gasteiger partial charge in [0.15, 0.2) is 6.61 Å². The van der Waals surface area contributed by atoms with Gasteiger partial charge in [0, 0.05) is 32.3 Å². The second-order valence-corrected chi connectivity index (χ2v) is 7.02. The monoisotopic (exact) mass is 391 g/mol. The first-order chi connectivity index (χ1) is 13.5. The molecule has 1 aromatic rings. The van der Waals surface area contributed by atoms with E-state index in [1.54, 1.807) is 6.07 Å². The Morgan fingerprint density at radius 1 is 1.25 bits per heavy atom. The molecule has 0 radical (unpaired) electrons. The van der Waals surface area contributed by atoms with Crippen LogP contribution < -0.4 is 10.2 Å². The number of carbonyl (C=O) groups excluding carboxylic acids is 2. The highest BCUT2D eigenvalue weighted by atomic mass is 16.6. The molecule has 9 heteroatoms. The van der Waals surface area contributed by atoms with Crippen molar-refractivity contribution in [1.29, 1.82) is 0 Å². The van der Waals surface area contributed by atoms with Crippen LogP contribution in [-0.4, -0.2) is 55.8 Å². The second kappa shape index (κ2) is 9.50. The summed E-state index contributed by atoms with van der Waals surface area (Å²) in [6.07, 6.45) is 4.96. The van der Waals surface area contributed by atoms with E-state index >= 15 is 0 Å². The van der Waals surface area contributed by atoms with E-state index < -0.39 is 23.4 Å². The summed E-state index contributed by atoms with van der Waals surface area (Å²) in [5.41, 5.74) is 0.439. The van der Waals surface area contributed by atoms with Crippen LogP contribution in [0.1, 0.15) is 42.5 Å². The van der Waals surface area contributed by atoms with Crippen LogP contribution in [0.3, 0.4) is 0 Å². The zero-order chi connectivity index (χ0) is 19.9. The van der Waals surface area contributed by atoms with Gasteiger partial charge in [-0.1, -0.05) is 0 Å². The van der Waals surface area contributed by atoms with Crippen molar-refractivity contribution in [3.05, 3.63) is 33.9 Å². The van der Waals surface area contributed by atoms with Gasteiger partial charge >= 0.3 is 5.97 Å². The number of amides is 1. The molecule has 9 nitrogen and oxygen atoms in total. The fraction of sp³-hybridized carbons (Fsp3) is 0.579. The molecule has 2 fully saturated rings. The predicted molar refractivity (Wildman–Crippen MR) is 101 cm³/mol. The first-order valence-electron chi connectivity index (χ1n) is 9.63. The standard InChI is InChI=1S/C19H25N3O6/c23-18(20-12-15-5-4-10-27-15)13-28-19(24)14-6-7-16(17(11-14)22(25)26)21-8-2-1-3-9-21/h6-7,11,15H,1-5,8-10,12-13H2,(H,20,23)/t15-/m1/s1. The number of nitro benzene ring substituents is 1. The molecule has 0 unspecified atom stereocenters. The van der Waals surface area contributed by atoms with Crippen LogP contribution in [0.15, 0.2) is 18.2 Å². The number of nitro groups is 1. The van der Waals surface area contributed by atoms with E-state index in [4.69, 9.17) is 9.47 Å². The van der Waals surface area contributed by atoms with Gasteiger partial charge in [0.25, 0.3) is 11.6 Å². The molecule has 1 aromatic carbocycles. The highest BCUT2D eigenvalue weighted by Crippen LogP contribution is 2.31. The lowest BCUT2D eigenvalue weighted by atomic mass is 10.1. The summed E-state index contributed by atoms with van der Waals surface area (Å²) in [6.45, 7) is 2.16. The van der Waals surface area contributed by atoms with Crippen LogP contribution in [0.4, 0.5) is 11.4 Å². The largest absolute Gasteiger partial charge is 0.452 e. The Kier molecular flexibility index (Phi) is 6.80. The van der Waals surface area contributed by atoms with E-state index in [9.17, 15) is 19.7 Å². The second-order valence-electron chi connectivity index (χ2n) is 7.02. The topological polar surface area (TPSA) is 111 Å². The normalized spacial score (nSPS) is 19.3. The smallest absolute Gasteiger partial charge is 0.338 e. The van der Waals surface area contributed by atoms with Crippen LogP contribution >= 0.6 is 0 Å². The molecular weight excluding hydrogens is 366 g/mol. The molecule has 0 spiro atoms. The van der Waals surface area contributed by atoms with Gasteiger partial charge in [-0.25, -0.2) is 4.79 Å². The number of nitrogens with one attached hydrogen (secondary N) is 1. The van der Waals surface area contributed by atoms with Crippen molar-refractivity contribution in [2.75, 3.05) is 37.7 Å². The number of carbonyl (C=O) groups is 2. The van der Waals surface area contributed by atoms with Gasteiger partial charge in [0.2, 0.25) is 0 Å². The Morgan fingerprint density at radius 2 is 2.04 bits per heavy atom. The summed E-state index contributed by atoms with van der Waals surface area (Å²) < 4.78 is 10.4. The van der Waals surface area contributed by atoms with E-state index in [0.29, 0.717) is 18.8 Å². The Morgan fingerprint density at radius 3 is 2.71 bits per heavy atom. The van der Waals surface area contributed by atoms with E-state index in [2.05, 4.69) is 5.32 Å². The molecule has 2 heterocycles. The number of hydrogen-bond donors (Lipinski definition) is 1.